The molecule has 23 heavy (non-hydrogen) atoms. The van der Waals surface area contributed by atoms with Gasteiger partial charge in [0, 0.05) is 25.8 Å². The minimum atomic E-state index is -0.0747. The quantitative estimate of drug-likeness (QED) is 0.791. The van der Waals surface area contributed by atoms with Crippen LogP contribution in [-0.2, 0) is 11.3 Å². The molecule has 0 aliphatic heterocycles. The van der Waals surface area contributed by atoms with E-state index in [9.17, 15) is 4.79 Å². The lowest BCUT2D eigenvalue weighted by molar-refractivity contribution is 0.0948. The molecule has 0 fully saturated rings. The zero-order valence-corrected chi connectivity index (χ0v) is 14.5. The zero-order valence-electron chi connectivity index (χ0n) is 13.7. The van der Waals surface area contributed by atoms with Crippen LogP contribution in [0, 0.1) is 13.8 Å². The first kappa shape index (κ1) is 17.5. The molecule has 1 N–H and O–H groups in total. The largest absolute Gasteiger partial charge is 0.385 e. The molecule has 0 aliphatic carbocycles. The second kappa shape index (κ2) is 8.13. The summed E-state index contributed by atoms with van der Waals surface area (Å²) in [5.74, 6) is -0.0747. The summed E-state index contributed by atoms with van der Waals surface area (Å²) >= 11 is 6.17. The molecule has 0 aliphatic rings. The van der Waals surface area contributed by atoms with E-state index in [1.807, 2.05) is 42.8 Å². The summed E-state index contributed by atoms with van der Waals surface area (Å²) in [5, 5.41) is 8.00. The summed E-state index contributed by atoms with van der Waals surface area (Å²) in [6.45, 7) is 5.65. The lowest BCUT2D eigenvalue weighted by Gasteiger charge is -2.08. The molecule has 0 saturated carbocycles. The average Bonchev–Trinajstić information content (AvgIpc) is 2.79. The van der Waals surface area contributed by atoms with Crippen LogP contribution in [0.15, 0.2) is 24.3 Å². The number of methoxy groups -OCH3 is 1. The lowest BCUT2D eigenvalue weighted by Crippen LogP contribution is -2.25. The van der Waals surface area contributed by atoms with Crippen LogP contribution in [0.2, 0.25) is 5.02 Å². The van der Waals surface area contributed by atoms with E-state index >= 15 is 0 Å². The van der Waals surface area contributed by atoms with E-state index in [1.165, 1.54) is 0 Å². The summed E-state index contributed by atoms with van der Waals surface area (Å²) in [6, 6.07) is 7.55. The van der Waals surface area contributed by atoms with Crippen LogP contribution in [0.4, 0.5) is 0 Å². The third kappa shape index (κ3) is 4.56. The van der Waals surface area contributed by atoms with E-state index < -0.39 is 0 Å². The standard InChI is InChI=1S/C17H22ClN3O2/c1-12-16(18)13(2)21(20-12)11-14-6-4-7-15(10-14)17(22)19-8-5-9-23-3/h4,6-7,10H,5,8-9,11H2,1-3H3,(H,19,22). The van der Waals surface area contributed by atoms with Crippen molar-refractivity contribution in [3.05, 3.63) is 51.8 Å². The van der Waals surface area contributed by atoms with E-state index in [-0.39, 0.29) is 5.91 Å². The number of hydrogen-bond acceptors (Lipinski definition) is 3. The summed E-state index contributed by atoms with van der Waals surface area (Å²) in [6.07, 6.45) is 0.798. The first-order chi connectivity index (χ1) is 11.0. The van der Waals surface area contributed by atoms with Gasteiger partial charge in [-0.15, -0.1) is 0 Å². The van der Waals surface area contributed by atoms with E-state index in [0.29, 0.717) is 30.3 Å². The van der Waals surface area contributed by atoms with Crippen molar-refractivity contribution in [3.63, 3.8) is 0 Å². The van der Waals surface area contributed by atoms with Gasteiger partial charge in [0.25, 0.3) is 5.91 Å². The number of aryl methyl sites for hydroxylation is 1. The summed E-state index contributed by atoms with van der Waals surface area (Å²) in [5.41, 5.74) is 3.40. The fourth-order valence-electron chi connectivity index (χ4n) is 2.33. The number of carbonyl (C=O) groups is 1. The fraction of sp³-hybridized carbons (Fsp3) is 0.412. The maximum atomic E-state index is 12.1. The Morgan fingerprint density at radius 3 is 2.83 bits per heavy atom. The van der Waals surface area contributed by atoms with Crippen LogP contribution in [0.5, 0.6) is 0 Å². The molecule has 2 rings (SSSR count). The maximum absolute atomic E-state index is 12.1. The highest BCUT2D eigenvalue weighted by atomic mass is 35.5. The lowest BCUT2D eigenvalue weighted by atomic mass is 10.1. The van der Waals surface area contributed by atoms with Crippen LogP contribution < -0.4 is 5.32 Å². The van der Waals surface area contributed by atoms with Gasteiger partial charge in [-0.3, -0.25) is 9.48 Å². The van der Waals surface area contributed by atoms with Crippen molar-refractivity contribution in [2.24, 2.45) is 0 Å². The van der Waals surface area contributed by atoms with Gasteiger partial charge in [0.05, 0.1) is 23.0 Å². The van der Waals surface area contributed by atoms with E-state index in [0.717, 1.165) is 23.4 Å². The molecule has 0 atom stereocenters. The molecule has 0 bridgehead atoms. The summed E-state index contributed by atoms with van der Waals surface area (Å²) < 4.78 is 6.82. The number of ether oxygens (including phenoxy) is 1. The van der Waals surface area contributed by atoms with Crippen molar-refractivity contribution in [1.82, 2.24) is 15.1 Å². The number of amides is 1. The molecular weight excluding hydrogens is 314 g/mol. The molecule has 0 saturated heterocycles. The highest BCUT2D eigenvalue weighted by Crippen LogP contribution is 2.20. The third-order valence-corrected chi connectivity index (χ3v) is 4.17. The highest BCUT2D eigenvalue weighted by Gasteiger charge is 2.11. The number of aromatic nitrogens is 2. The van der Waals surface area contributed by atoms with Gasteiger partial charge in [-0.05, 0) is 38.0 Å². The van der Waals surface area contributed by atoms with Gasteiger partial charge < -0.3 is 10.1 Å². The van der Waals surface area contributed by atoms with Crippen molar-refractivity contribution >= 4 is 17.5 Å². The van der Waals surface area contributed by atoms with Crippen LogP contribution in [-0.4, -0.2) is 35.9 Å². The van der Waals surface area contributed by atoms with Crippen molar-refractivity contribution in [2.75, 3.05) is 20.3 Å². The number of nitrogens with one attached hydrogen (secondary N) is 1. The Balaban J connectivity index is 2.04. The van der Waals surface area contributed by atoms with Crippen LogP contribution in [0.1, 0.15) is 33.7 Å². The summed E-state index contributed by atoms with van der Waals surface area (Å²) in [4.78, 5) is 12.1. The minimum absolute atomic E-state index is 0.0747. The molecular formula is C17H22ClN3O2. The van der Waals surface area contributed by atoms with Gasteiger partial charge >= 0.3 is 0 Å². The average molecular weight is 336 g/mol. The zero-order chi connectivity index (χ0) is 16.8. The molecule has 1 aromatic heterocycles. The molecule has 1 aromatic carbocycles. The Labute approximate surface area is 141 Å². The van der Waals surface area contributed by atoms with Crippen molar-refractivity contribution in [1.29, 1.82) is 0 Å². The van der Waals surface area contributed by atoms with Crippen molar-refractivity contribution < 1.29 is 9.53 Å². The molecule has 5 nitrogen and oxygen atoms in total. The smallest absolute Gasteiger partial charge is 0.251 e. The number of hydrogen-bond donors (Lipinski definition) is 1. The minimum Gasteiger partial charge on any atom is -0.385 e. The molecule has 0 radical (unpaired) electrons. The Kier molecular flexibility index (Phi) is 6.19. The molecule has 6 heteroatoms. The Morgan fingerprint density at radius 1 is 1.39 bits per heavy atom. The normalized spacial score (nSPS) is 10.8. The molecule has 124 valence electrons. The monoisotopic (exact) mass is 335 g/mol. The van der Waals surface area contributed by atoms with Crippen LogP contribution in [0.25, 0.3) is 0 Å². The first-order valence-corrected chi connectivity index (χ1v) is 7.96. The van der Waals surface area contributed by atoms with E-state index in [1.54, 1.807) is 7.11 Å². The van der Waals surface area contributed by atoms with Crippen molar-refractivity contribution in [2.45, 2.75) is 26.8 Å². The van der Waals surface area contributed by atoms with E-state index in [4.69, 9.17) is 16.3 Å². The SMILES string of the molecule is COCCCNC(=O)c1cccc(Cn2nc(C)c(Cl)c2C)c1. The number of rotatable bonds is 7. The molecule has 0 spiro atoms. The highest BCUT2D eigenvalue weighted by molar-refractivity contribution is 6.31. The molecule has 2 aromatic rings. The Bertz CT molecular complexity index is 682. The van der Waals surface area contributed by atoms with E-state index in [2.05, 4.69) is 10.4 Å². The second-order valence-corrected chi connectivity index (χ2v) is 5.82. The Morgan fingerprint density at radius 2 is 2.17 bits per heavy atom. The fourth-order valence-corrected chi connectivity index (χ4v) is 2.47. The van der Waals surface area contributed by atoms with Crippen molar-refractivity contribution in [3.8, 4) is 0 Å². The van der Waals surface area contributed by atoms with Gasteiger partial charge in [-0.1, -0.05) is 23.7 Å². The van der Waals surface area contributed by atoms with Crippen LogP contribution in [0.3, 0.4) is 0 Å². The van der Waals surface area contributed by atoms with Gasteiger partial charge in [-0.2, -0.15) is 5.10 Å². The molecule has 1 amide bonds. The van der Waals surface area contributed by atoms with Gasteiger partial charge in [0.2, 0.25) is 0 Å². The van der Waals surface area contributed by atoms with Gasteiger partial charge in [0.1, 0.15) is 0 Å². The van der Waals surface area contributed by atoms with Gasteiger partial charge in [-0.25, -0.2) is 0 Å². The predicted octanol–water partition coefficient (Wildman–Crippen LogP) is 2.97. The molecule has 1 heterocycles. The molecule has 0 unspecified atom stereocenters. The Hall–Kier alpha value is -1.85. The maximum Gasteiger partial charge on any atom is 0.251 e. The number of halogens is 1. The third-order valence-electron chi connectivity index (χ3n) is 3.63. The predicted molar refractivity (Wildman–Crippen MR) is 91.1 cm³/mol. The summed E-state index contributed by atoms with van der Waals surface area (Å²) in [7, 11) is 1.65. The number of nitrogens with zero attached hydrogens (tertiary/aromatic N) is 2. The first-order valence-electron chi connectivity index (χ1n) is 7.58. The second-order valence-electron chi connectivity index (χ2n) is 5.45. The number of benzene rings is 1. The topological polar surface area (TPSA) is 56.1 Å². The van der Waals surface area contributed by atoms with Gasteiger partial charge in [0.15, 0.2) is 0 Å². The van der Waals surface area contributed by atoms with Crippen LogP contribution >= 0.6 is 11.6 Å². The number of carbonyl (C=O) groups excluding carboxylic acids is 1.